The normalized spacial score (nSPS) is 11.2. The van der Waals surface area contributed by atoms with Crippen LogP contribution < -0.4 is 4.72 Å². The first-order valence-electron chi connectivity index (χ1n) is 6.19. The summed E-state index contributed by atoms with van der Waals surface area (Å²) in [4.78, 5) is 0.889. The molecular weight excluding hydrogens is 342 g/mol. The summed E-state index contributed by atoms with van der Waals surface area (Å²) in [6, 6.07) is 4.61. The summed E-state index contributed by atoms with van der Waals surface area (Å²) in [7, 11) is -3.73. The zero-order valence-electron chi connectivity index (χ0n) is 11.8. The molecule has 7 heteroatoms. The molecule has 0 aliphatic carbocycles. The van der Waals surface area contributed by atoms with E-state index >= 15 is 0 Å². The maximum absolute atomic E-state index is 12.4. The molecule has 0 unspecified atom stereocenters. The first-order chi connectivity index (χ1) is 10.3. The molecular formula is C15H14ClNO3S2. The highest BCUT2D eigenvalue weighted by Crippen LogP contribution is 2.38. The average molecular weight is 356 g/mol. The van der Waals surface area contributed by atoms with Gasteiger partial charge in [0.15, 0.2) is 0 Å². The fourth-order valence-corrected chi connectivity index (χ4v) is 4.50. The van der Waals surface area contributed by atoms with Crippen molar-refractivity contribution in [2.75, 3.05) is 4.72 Å². The van der Waals surface area contributed by atoms with Crippen LogP contribution in [0.1, 0.15) is 16.0 Å². The van der Waals surface area contributed by atoms with Crippen LogP contribution >= 0.6 is 22.9 Å². The van der Waals surface area contributed by atoms with E-state index in [0.717, 1.165) is 4.88 Å². The van der Waals surface area contributed by atoms with Crippen LogP contribution in [0, 0.1) is 6.92 Å². The number of sulfonamides is 1. The first-order valence-corrected chi connectivity index (χ1v) is 8.87. The van der Waals surface area contributed by atoms with E-state index in [1.165, 1.54) is 35.6 Å². The third-order valence-electron chi connectivity index (χ3n) is 2.97. The van der Waals surface area contributed by atoms with Crippen molar-refractivity contribution in [2.24, 2.45) is 0 Å². The van der Waals surface area contributed by atoms with E-state index in [4.69, 9.17) is 11.6 Å². The smallest absolute Gasteiger partial charge is 0.271 e. The lowest BCUT2D eigenvalue weighted by Crippen LogP contribution is -2.12. The number of thiophene rings is 1. The van der Waals surface area contributed by atoms with Gasteiger partial charge in [-0.25, -0.2) is 8.42 Å². The third-order valence-corrected chi connectivity index (χ3v) is 6.11. The van der Waals surface area contributed by atoms with Crippen LogP contribution in [0.2, 0.25) is 5.02 Å². The molecule has 1 aromatic carbocycles. The van der Waals surface area contributed by atoms with Crippen LogP contribution in [-0.2, 0) is 10.0 Å². The van der Waals surface area contributed by atoms with Gasteiger partial charge in [-0.2, -0.15) is 0 Å². The second-order valence-electron chi connectivity index (χ2n) is 4.46. The Balaban J connectivity index is 2.56. The molecule has 0 amide bonds. The summed E-state index contributed by atoms with van der Waals surface area (Å²) >= 11 is 7.11. The molecule has 0 radical (unpaired) electrons. The minimum Gasteiger partial charge on any atom is -0.506 e. The predicted molar refractivity (Wildman–Crippen MR) is 93.2 cm³/mol. The number of phenolic OH excluding ortho intramolecular Hbond substituents is 1. The van der Waals surface area contributed by atoms with E-state index in [2.05, 4.69) is 17.9 Å². The molecule has 2 N–H and O–H groups in total. The van der Waals surface area contributed by atoms with E-state index in [0.29, 0.717) is 11.1 Å². The van der Waals surface area contributed by atoms with Crippen LogP contribution in [0.25, 0.3) is 12.2 Å². The standard InChI is InChI=1S/C15H14ClNO3S2/c1-4-10-11(5-2)15(18)12(16)8-13(10)17-22(19,20)14-7-6-9(3)21-14/h4-8,17-18H,1-2H2,3H3. The molecule has 0 saturated carbocycles. The minimum absolute atomic E-state index is 0.0283. The van der Waals surface area contributed by atoms with Gasteiger partial charge in [0.2, 0.25) is 0 Å². The van der Waals surface area contributed by atoms with Crippen molar-refractivity contribution in [3.63, 3.8) is 0 Å². The number of aromatic hydroxyl groups is 1. The molecule has 22 heavy (non-hydrogen) atoms. The summed E-state index contributed by atoms with van der Waals surface area (Å²) < 4.78 is 27.5. The summed E-state index contributed by atoms with van der Waals surface area (Å²) in [6.45, 7) is 9.07. The number of rotatable bonds is 5. The zero-order valence-corrected chi connectivity index (χ0v) is 14.1. The lowest BCUT2D eigenvalue weighted by atomic mass is 10.0. The fourth-order valence-electron chi connectivity index (χ4n) is 1.94. The van der Waals surface area contributed by atoms with E-state index < -0.39 is 10.0 Å². The molecule has 0 aliphatic heterocycles. The predicted octanol–water partition coefficient (Wildman–Crippen LogP) is 4.50. The van der Waals surface area contributed by atoms with Crippen molar-refractivity contribution in [2.45, 2.75) is 11.1 Å². The van der Waals surface area contributed by atoms with Crippen molar-refractivity contribution in [3.05, 3.63) is 52.4 Å². The Labute approximate surface area is 138 Å². The Morgan fingerprint density at radius 1 is 1.27 bits per heavy atom. The van der Waals surface area contributed by atoms with E-state index in [9.17, 15) is 13.5 Å². The molecule has 4 nitrogen and oxygen atoms in total. The first kappa shape index (κ1) is 16.6. The Hall–Kier alpha value is -1.76. The van der Waals surface area contributed by atoms with Crippen LogP contribution in [0.15, 0.2) is 35.6 Å². The third kappa shape index (κ3) is 3.04. The van der Waals surface area contributed by atoms with Gasteiger partial charge in [-0.05, 0) is 25.1 Å². The molecule has 0 bridgehead atoms. The minimum atomic E-state index is -3.73. The number of aryl methyl sites for hydroxylation is 1. The Morgan fingerprint density at radius 3 is 2.41 bits per heavy atom. The van der Waals surface area contributed by atoms with Gasteiger partial charge >= 0.3 is 0 Å². The fraction of sp³-hybridized carbons (Fsp3) is 0.0667. The molecule has 116 valence electrons. The lowest BCUT2D eigenvalue weighted by molar-refractivity contribution is 0.474. The molecule has 0 saturated heterocycles. The van der Waals surface area contributed by atoms with Gasteiger partial charge in [-0.1, -0.05) is 36.9 Å². The van der Waals surface area contributed by atoms with Crippen LogP contribution in [-0.4, -0.2) is 13.5 Å². The molecule has 2 rings (SSSR count). The van der Waals surface area contributed by atoms with Crippen molar-refractivity contribution < 1.29 is 13.5 Å². The summed E-state index contributed by atoms with van der Waals surface area (Å²) in [6.07, 6.45) is 2.83. The van der Waals surface area contributed by atoms with Gasteiger partial charge in [0, 0.05) is 16.0 Å². The second-order valence-corrected chi connectivity index (χ2v) is 8.07. The molecule has 0 atom stereocenters. The average Bonchev–Trinajstić information content (AvgIpc) is 2.89. The number of halogens is 1. The zero-order chi connectivity index (χ0) is 16.5. The van der Waals surface area contributed by atoms with E-state index in [-0.39, 0.29) is 20.7 Å². The number of benzene rings is 1. The van der Waals surface area contributed by atoms with Gasteiger partial charge in [0.1, 0.15) is 9.96 Å². The quantitative estimate of drug-likeness (QED) is 0.776. The van der Waals surface area contributed by atoms with Crippen molar-refractivity contribution in [1.82, 2.24) is 0 Å². The van der Waals surface area contributed by atoms with Crippen LogP contribution in [0.5, 0.6) is 5.75 Å². The Morgan fingerprint density at radius 2 is 1.91 bits per heavy atom. The van der Waals surface area contributed by atoms with Crippen molar-refractivity contribution >= 4 is 50.8 Å². The monoisotopic (exact) mass is 355 g/mol. The number of hydrogen-bond donors (Lipinski definition) is 2. The van der Waals surface area contributed by atoms with Gasteiger partial charge in [-0.15, -0.1) is 11.3 Å². The van der Waals surface area contributed by atoms with Gasteiger partial charge in [0.05, 0.1) is 10.7 Å². The van der Waals surface area contributed by atoms with Crippen LogP contribution in [0.4, 0.5) is 5.69 Å². The maximum Gasteiger partial charge on any atom is 0.271 e. The van der Waals surface area contributed by atoms with Gasteiger partial charge in [-0.3, -0.25) is 4.72 Å². The largest absolute Gasteiger partial charge is 0.506 e. The highest BCUT2D eigenvalue weighted by atomic mass is 35.5. The molecule has 0 aliphatic rings. The van der Waals surface area contributed by atoms with E-state index in [1.807, 2.05) is 6.92 Å². The maximum atomic E-state index is 12.4. The molecule has 2 aromatic rings. The Bertz CT molecular complexity index is 854. The molecule has 0 fully saturated rings. The Kier molecular flexibility index (Phi) is 4.65. The number of phenols is 1. The van der Waals surface area contributed by atoms with Gasteiger partial charge in [0.25, 0.3) is 10.0 Å². The second kappa shape index (κ2) is 6.16. The van der Waals surface area contributed by atoms with Crippen molar-refractivity contribution in [1.29, 1.82) is 0 Å². The number of hydrogen-bond acceptors (Lipinski definition) is 4. The van der Waals surface area contributed by atoms with E-state index in [1.54, 1.807) is 6.07 Å². The van der Waals surface area contributed by atoms with Gasteiger partial charge < -0.3 is 5.11 Å². The highest BCUT2D eigenvalue weighted by molar-refractivity contribution is 7.94. The number of nitrogens with one attached hydrogen (secondary N) is 1. The molecule has 1 aromatic heterocycles. The topological polar surface area (TPSA) is 66.4 Å². The highest BCUT2D eigenvalue weighted by Gasteiger charge is 2.20. The number of anilines is 1. The lowest BCUT2D eigenvalue weighted by Gasteiger charge is -2.14. The molecule has 0 spiro atoms. The summed E-state index contributed by atoms with van der Waals surface area (Å²) in [5.41, 5.74) is 0.968. The SMILES string of the molecule is C=Cc1c(NS(=O)(=O)c2ccc(C)s2)cc(Cl)c(O)c1C=C. The molecule has 1 heterocycles. The van der Waals surface area contributed by atoms with Crippen molar-refractivity contribution in [3.8, 4) is 5.75 Å². The summed E-state index contributed by atoms with van der Waals surface area (Å²) in [5.74, 6) is -0.165. The van der Waals surface area contributed by atoms with Crippen LogP contribution in [0.3, 0.4) is 0 Å². The summed E-state index contributed by atoms with van der Waals surface area (Å²) in [5, 5.41) is 9.95.